The molecule has 0 amide bonds. The molecule has 0 bridgehead atoms. The van der Waals surface area contributed by atoms with Gasteiger partial charge in [0.25, 0.3) is 0 Å². The Balaban J connectivity index is 1.82. The molecule has 1 heterocycles. The topological polar surface area (TPSA) is 41.5 Å². The van der Waals surface area contributed by atoms with Crippen molar-refractivity contribution in [3.05, 3.63) is 0 Å². The Hall–Kier alpha value is -0.120. The quantitative estimate of drug-likeness (QED) is 0.739. The highest BCUT2D eigenvalue weighted by molar-refractivity contribution is 5.13. The lowest BCUT2D eigenvalue weighted by Gasteiger charge is -2.63. The van der Waals surface area contributed by atoms with Crippen LogP contribution in [0.5, 0.6) is 0 Å². The fourth-order valence-corrected chi connectivity index (χ4v) is 3.28. The van der Waals surface area contributed by atoms with Gasteiger partial charge in [0.05, 0.1) is 19.3 Å². The van der Waals surface area contributed by atoms with E-state index in [9.17, 15) is 0 Å². The van der Waals surface area contributed by atoms with E-state index >= 15 is 0 Å². The van der Waals surface area contributed by atoms with Gasteiger partial charge < -0.3 is 15.2 Å². The first-order valence-corrected chi connectivity index (χ1v) is 5.94. The van der Waals surface area contributed by atoms with Crippen LogP contribution in [0.25, 0.3) is 0 Å². The summed E-state index contributed by atoms with van der Waals surface area (Å²) in [6, 6.07) is 0.638. The largest absolute Gasteiger partial charge is 0.394 e. The van der Waals surface area contributed by atoms with E-state index in [4.69, 9.17) is 9.84 Å². The molecule has 0 aromatic heterocycles. The first-order chi connectivity index (χ1) is 6.98. The van der Waals surface area contributed by atoms with Crippen LogP contribution in [-0.4, -0.2) is 37.0 Å². The molecular formula is C12H23NO2. The van der Waals surface area contributed by atoms with Crippen molar-refractivity contribution in [3.8, 4) is 0 Å². The SMILES string of the molecule is CC(C)(C)C1NCC12CC(OCCO)C2. The number of ether oxygens (including phenoxy) is 1. The van der Waals surface area contributed by atoms with Crippen LogP contribution in [0.3, 0.4) is 0 Å². The van der Waals surface area contributed by atoms with E-state index in [0.29, 0.717) is 29.6 Å². The Morgan fingerprint density at radius 2 is 2.07 bits per heavy atom. The zero-order valence-electron chi connectivity index (χ0n) is 10.0. The minimum atomic E-state index is 0.143. The molecule has 1 aliphatic heterocycles. The lowest BCUT2D eigenvalue weighted by atomic mass is 9.52. The molecule has 3 heteroatoms. The van der Waals surface area contributed by atoms with Crippen LogP contribution in [0.1, 0.15) is 33.6 Å². The Bertz CT molecular complexity index is 228. The number of hydrogen-bond donors (Lipinski definition) is 2. The van der Waals surface area contributed by atoms with Crippen LogP contribution in [0.4, 0.5) is 0 Å². The third kappa shape index (κ3) is 1.93. The van der Waals surface area contributed by atoms with Crippen molar-refractivity contribution in [1.82, 2.24) is 5.32 Å². The van der Waals surface area contributed by atoms with Crippen molar-refractivity contribution < 1.29 is 9.84 Å². The van der Waals surface area contributed by atoms with Crippen LogP contribution >= 0.6 is 0 Å². The van der Waals surface area contributed by atoms with Crippen molar-refractivity contribution in [2.45, 2.75) is 45.8 Å². The Morgan fingerprint density at radius 3 is 2.47 bits per heavy atom. The molecule has 1 unspecified atom stereocenters. The van der Waals surface area contributed by atoms with Gasteiger partial charge in [-0.3, -0.25) is 0 Å². The number of aliphatic hydroxyl groups excluding tert-OH is 1. The molecule has 0 aromatic rings. The lowest BCUT2D eigenvalue weighted by Crippen LogP contribution is -2.73. The second kappa shape index (κ2) is 3.72. The minimum Gasteiger partial charge on any atom is -0.394 e. The molecule has 1 saturated carbocycles. The summed E-state index contributed by atoms with van der Waals surface area (Å²) in [6.07, 6.45) is 2.73. The summed E-state index contributed by atoms with van der Waals surface area (Å²) in [5, 5.41) is 12.2. The maximum absolute atomic E-state index is 8.68. The molecule has 0 radical (unpaired) electrons. The van der Waals surface area contributed by atoms with Gasteiger partial charge in [-0.15, -0.1) is 0 Å². The van der Waals surface area contributed by atoms with Crippen LogP contribution in [-0.2, 0) is 4.74 Å². The fraction of sp³-hybridized carbons (Fsp3) is 1.00. The molecule has 1 aliphatic carbocycles. The highest BCUT2D eigenvalue weighted by atomic mass is 16.5. The molecule has 1 atom stereocenters. The third-order valence-corrected chi connectivity index (χ3v) is 3.85. The smallest absolute Gasteiger partial charge is 0.0701 e. The van der Waals surface area contributed by atoms with Crippen molar-refractivity contribution >= 4 is 0 Å². The molecule has 2 rings (SSSR count). The van der Waals surface area contributed by atoms with Gasteiger partial charge in [0, 0.05) is 18.0 Å². The highest BCUT2D eigenvalue weighted by Crippen LogP contribution is 2.54. The summed E-state index contributed by atoms with van der Waals surface area (Å²) in [5.74, 6) is 0. The number of rotatable bonds is 3. The van der Waals surface area contributed by atoms with E-state index in [1.807, 2.05) is 0 Å². The predicted octanol–water partition coefficient (Wildman–Crippen LogP) is 1.16. The standard InChI is InChI=1S/C12H23NO2/c1-11(2,3)10-12(8-13-10)6-9(7-12)15-5-4-14/h9-10,13-14H,4-8H2,1-3H3. The van der Waals surface area contributed by atoms with Crippen LogP contribution in [0, 0.1) is 10.8 Å². The average molecular weight is 213 g/mol. The van der Waals surface area contributed by atoms with Crippen molar-refractivity contribution in [2.75, 3.05) is 19.8 Å². The molecule has 0 aromatic carbocycles. The van der Waals surface area contributed by atoms with Gasteiger partial charge in [0.2, 0.25) is 0 Å². The summed E-state index contributed by atoms with van der Waals surface area (Å²) in [5.41, 5.74) is 0.846. The first kappa shape index (κ1) is 11.4. The normalized spacial score (nSPS) is 40.0. The molecule has 2 N–H and O–H groups in total. The Morgan fingerprint density at radius 1 is 1.40 bits per heavy atom. The second-order valence-electron chi connectivity index (χ2n) is 6.17. The second-order valence-corrected chi connectivity index (χ2v) is 6.17. The maximum Gasteiger partial charge on any atom is 0.0701 e. The molecule has 2 aliphatic rings. The molecule has 1 saturated heterocycles. The van der Waals surface area contributed by atoms with Crippen LogP contribution < -0.4 is 5.32 Å². The maximum atomic E-state index is 8.68. The van der Waals surface area contributed by atoms with Gasteiger partial charge in [0.15, 0.2) is 0 Å². The Kier molecular flexibility index (Phi) is 2.82. The van der Waals surface area contributed by atoms with Gasteiger partial charge in [0.1, 0.15) is 0 Å². The minimum absolute atomic E-state index is 0.143. The summed E-state index contributed by atoms with van der Waals surface area (Å²) >= 11 is 0. The van der Waals surface area contributed by atoms with Crippen molar-refractivity contribution in [3.63, 3.8) is 0 Å². The number of nitrogens with one attached hydrogen (secondary N) is 1. The molecule has 3 nitrogen and oxygen atoms in total. The van der Waals surface area contributed by atoms with Crippen molar-refractivity contribution in [1.29, 1.82) is 0 Å². The number of hydrogen-bond acceptors (Lipinski definition) is 3. The van der Waals surface area contributed by atoms with E-state index in [-0.39, 0.29) is 6.61 Å². The lowest BCUT2D eigenvalue weighted by molar-refractivity contribution is -0.153. The third-order valence-electron chi connectivity index (χ3n) is 3.85. The van der Waals surface area contributed by atoms with Gasteiger partial charge in [-0.05, 0) is 18.3 Å². The summed E-state index contributed by atoms with van der Waals surface area (Å²) in [4.78, 5) is 0. The van der Waals surface area contributed by atoms with Crippen LogP contribution in [0.15, 0.2) is 0 Å². The van der Waals surface area contributed by atoms with Crippen molar-refractivity contribution in [2.24, 2.45) is 10.8 Å². The van der Waals surface area contributed by atoms with E-state index < -0.39 is 0 Å². The van der Waals surface area contributed by atoms with E-state index in [1.165, 1.54) is 12.8 Å². The molecule has 1 spiro atoms. The average Bonchev–Trinajstić information content (AvgIpc) is 1.96. The molecular weight excluding hydrogens is 190 g/mol. The highest BCUT2D eigenvalue weighted by Gasteiger charge is 2.58. The van der Waals surface area contributed by atoms with Gasteiger partial charge in [-0.2, -0.15) is 0 Å². The van der Waals surface area contributed by atoms with E-state index in [0.717, 1.165) is 6.54 Å². The zero-order valence-corrected chi connectivity index (χ0v) is 10.0. The fourth-order valence-electron chi connectivity index (χ4n) is 3.28. The summed E-state index contributed by atoms with van der Waals surface area (Å²) in [7, 11) is 0. The first-order valence-electron chi connectivity index (χ1n) is 5.94. The van der Waals surface area contributed by atoms with Gasteiger partial charge in [-0.1, -0.05) is 20.8 Å². The molecule has 2 fully saturated rings. The van der Waals surface area contributed by atoms with Gasteiger partial charge >= 0.3 is 0 Å². The van der Waals surface area contributed by atoms with Gasteiger partial charge in [-0.25, -0.2) is 0 Å². The van der Waals surface area contributed by atoms with E-state index in [1.54, 1.807) is 0 Å². The number of aliphatic hydroxyl groups is 1. The van der Waals surface area contributed by atoms with E-state index in [2.05, 4.69) is 26.1 Å². The summed E-state index contributed by atoms with van der Waals surface area (Å²) < 4.78 is 5.54. The monoisotopic (exact) mass is 213 g/mol. The van der Waals surface area contributed by atoms with Crippen LogP contribution in [0.2, 0.25) is 0 Å². The predicted molar refractivity (Wildman–Crippen MR) is 59.7 cm³/mol. The Labute approximate surface area is 92.2 Å². The molecule has 88 valence electrons. The molecule has 15 heavy (non-hydrogen) atoms. The zero-order chi connectivity index (χ0) is 11.1. The summed E-state index contributed by atoms with van der Waals surface area (Å²) in [6.45, 7) is 8.68.